The fourth-order valence-corrected chi connectivity index (χ4v) is 2.04. The maximum Gasteiger partial charge on any atom is 0.460 e. The first-order valence-corrected chi connectivity index (χ1v) is 7.00. The molecule has 0 spiro atoms. The molecule has 0 saturated carbocycles. The average Bonchev–Trinajstić information content (AvgIpc) is 2.60. The van der Waals surface area contributed by atoms with E-state index in [0.717, 1.165) is 17.0 Å². The van der Waals surface area contributed by atoms with Gasteiger partial charge in [0.05, 0.1) is 11.9 Å². The first-order valence-electron chi connectivity index (χ1n) is 7.00. The molecule has 0 aliphatic carbocycles. The van der Waals surface area contributed by atoms with Crippen LogP contribution in [0.2, 0.25) is 0 Å². The Morgan fingerprint density at radius 3 is 2.00 bits per heavy atom. The predicted octanol–water partition coefficient (Wildman–Crippen LogP) is 4.65. The lowest BCUT2D eigenvalue weighted by molar-refractivity contribution is -0.359. The van der Waals surface area contributed by atoms with Crippen LogP contribution in [0.15, 0.2) is 48.8 Å². The largest absolute Gasteiger partial charge is 0.460 e. The van der Waals surface area contributed by atoms with Gasteiger partial charge in [0.2, 0.25) is 0 Å². The molecule has 0 radical (unpaired) electrons. The third-order valence-corrected chi connectivity index (χ3v) is 3.58. The van der Waals surface area contributed by atoms with Gasteiger partial charge in [-0.15, -0.1) is 0 Å². The molecule has 26 heavy (non-hydrogen) atoms. The van der Waals surface area contributed by atoms with E-state index in [0.29, 0.717) is 17.8 Å². The minimum Gasteiger partial charge on any atom is -0.310 e. The molecule has 1 aromatic carbocycles. The molecule has 0 unspecified atom stereocenters. The summed E-state index contributed by atoms with van der Waals surface area (Å²) in [6, 6.07) is 5.32. The summed E-state index contributed by atoms with van der Waals surface area (Å²) < 4.78 is 90.0. The van der Waals surface area contributed by atoms with Crippen LogP contribution < -0.4 is 4.90 Å². The molecule has 0 aliphatic heterocycles. The van der Waals surface area contributed by atoms with Gasteiger partial charge in [0, 0.05) is 24.4 Å². The van der Waals surface area contributed by atoms with Crippen LogP contribution in [-0.4, -0.2) is 30.0 Å². The van der Waals surface area contributed by atoms with Crippen molar-refractivity contribution >= 4 is 11.6 Å². The number of pyridine rings is 1. The summed E-state index contributed by atoms with van der Waals surface area (Å²) in [5, 5.41) is 0. The highest BCUT2D eigenvalue weighted by atomic mass is 19.4. The topological polar surface area (TPSA) is 33.2 Å². The van der Waals surface area contributed by atoms with Crippen LogP contribution in [0.5, 0.6) is 0 Å². The number of carbonyl (C=O) groups excluding carboxylic acids is 1. The van der Waals surface area contributed by atoms with Gasteiger partial charge in [0.15, 0.2) is 0 Å². The van der Waals surface area contributed by atoms with Crippen molar-refractivity contribution in [3.63, 3.8) is 0 Å². The standard InChI is InChI=1S/C16H11F7N2O/c1-25(12-3-2-8-24-9-12)13(26)10-4-6-11(7-5-10)14(17,18)15(19,20)16(21,22)23/h2-9H,1H3. The Morgan fingerprint density at radius 1 is 0.962 bits per heavy atom. The van der Waals surface area contributed by atoms with E-state index < -0.39 is 29.5 Å². The summed E-state index contributed by atoms with van der Waals surface area (Å²) in [6.07, 6.45) is -3.62. The highest BCUT2D eigenvalue weighted by molar-refractivity contribution is 6.05. The van der Waals surface area contributed by atoms with E-state index in [-0.39, 0.29) is 5.56 Å². The predicted molar refractivity (Wildman–Crippen MR) is 78.3 cm³/mol. The number of hydrogen-bond acceptors (Lipinski definition) is 2. The number of nitrogens with zero attached hydrogens (tertiary/aromatic N) is 2. The minimum atomic E-state index is -6.43. The Hall–Kier alpha value is -2.65. The smallest absolute Gasteiger partial charge is 0.310 e. The van der Waals surface area contributed by atoms with Crippen LogP contribution in [-0.2, 0) is 5.92 Å². The summed E-state index contributed by atoms with van der Waals surface area (Å²) in [5.41, 5.74) is -1.36. The van der Waals surface area contributed by atoms with E-state index in [1.807, 2.05) is 0 Å². The molecule has 1 aromatic heterocycles. The fourth-order valence-electron chi connectivity index (χ4n) is 2.04. The van der Waals surface area contributed by atoms with Crippen molar-refractivity contribution < 1.29 is 35.5 Å². The summed E-state index contributed by atoms with van der Waals surface area (Å²) >= 11 is 0. The molecular formula is C16H11F7N2O. The van der Waals surface area contributed by atoms with Crippen LogP contribution in [0, 0.1) is 0 Å². The number of carbonyl (C=O) groups is 1. The van der Waals surface area contributed by atoms with Crippen LogP contribution >= 0.6 is 0 Å². The Morgan fingerprint density at radius 2 is 1.54 bits per heavy atom. The van der Waals surface area contributed by atoms with Gasteiger partial charge in [0.25, 0.3) is 5.91 Å². The van der Waals surface area contributed by atoms with Crippen molar-refractivity contribution in [2.45, 2.75) is 18.0 Å². The fraction of sp³-hybridized carbons (Fsp3) is 0.250. The molecule has 10 heteroatoms. The number of halogens is 7. The maximum absolute atomic E-state index is 13.6. The molecule has 1 heterocycles. The zero-order valence-corrected chi connectivity index (χ0v) is 13.1. The lowest BCUT2D eigenvalue weighted by Gasteiger charge is -2.28. The molecule has 0 atom stereocenters. The van der Waals surface area contributed by atoms with Gasteiger partial charge in [-0.2, -0.15) is 30.7 Å². The molecule has 0 aliphatic rings. The van der Waals surface area contributed by atoms with E-state index in [9.17, 15) is 35.5 Å². The summed E-state index contributed by atoms with van der Waals surface area (Å²) in [4.78, 5) is 17.2. The van der Waals surface area contributed by atoms with Gasteiger partial charge >= 0.3 is 18.0 Å². The molecule has 3 nitrogen and oxygen atoms in total. The van der Waals surface area contributed by atoms with Crippen molar-refractivity contribution in [3.05, 3.63) is 59.9 Å². The molecule has 0 N–H and O–H groups in total. The SMILES string of the molecule is CN(C(=O)c1ccc(C(F)(F)C(F)(F)C(F)(F)F)cc1)c1cccnc1. The van der Waals surface area contributed by atoms with E-state index in [4.69, 9.17) is 0 Å². The second-order valence-electron chi connectivity index (χ2n) is 5.30. The van der Waals surface area contributed by atoms with E-state index >= 15 is 0 Å². The van der Waals surface area contributed by atoms with Gasteiger partial charge < -0.3 is 4.90 Å². The second kappa shape index (κ2) is 6.58. The molecule has 140 valence electrons. The van der Waals surface area contributed by atoms with Crippen molar-refractivity contribution in [2.75, 3.05) is 11.9 Å². The number of benzene rings is 1. The van der Waals surface area contributed by atoms with Gasteiger partial charge in [-0.3, -0.25) is 9.78 Å². The Kier molecular flexibility index (Phi) is 4.98. The number of alkyl halides is 7. The molecule has 0 fully saturated rings. The number of hydrogen-bond donors (Lipinski definition) is 0. The Labute approximate surface area is 143 Å². The third kappa shape index (κ3) is 3.35. The van der Waals surface area contributed by atoms with Crippen LogP contribution in [0.4, 0.5) is 36.4 Å². The molecule has 2 rings (SSSR count). The lowest BCUT2D eigenvalue weighted by atomic mass is 10.00. The van der Waals surface area contributed by atoms with Crippen molar-refractivity contribution in [1.82, 2.24) is 4.98 Å². The van der Waals surface area contributed by atoms with E-state index in [1.54, 1.807) is 6.07 Å². The van der Waals surface area contributed by atoms with Crippen LogP contribution in [0.1, 0.15) is 15.9 Å². The maximum atomic E-state index is 13.6. The molecular weight excluding hydrogens is 369 g/mol. The molecule has 1 amide bonds. The molecule has 0 bridgehead atoms. The van der Waals surface area contributed by atoms with E-state index in [2.05, 4.69) is 4.98 Å². The molecule has 2 aromatic rings. The minimum absolute atomic E-state index is 0.175. The zero-order chi connectivity index (χ0) is 19.8. The highest BCUT2D eigenvalue weighted by Gasteiger charge is 2.73. The second-order valence-corrected chi connectivity index (χ2v) is 5.30. The first kappa shape index (κ1) is 19.7. The average molecular weight is 380 g/mol. The first-order chi connectivity index (χ1) is 11.9. The summed E-state index contributed by atoms with van der Waals surface area (Å²) in [6.45, 7) is 0. The number of amides is 1. The third-order valence-electron chi connectivity index (χ3n) is 3.58. The van der Waals surface area contributed by atoms with Gasteiger partial charge in [-0.1, -0.05) is 12.1 Å². The van der Waals surface area contributed by atoms with Crippen LogP contribution in [0.3, 0.4) is 0 Å². The quantitative estimate of drug-likeness (QED) is 0.724. The Bertz CT molecular complexity index is 773. The van der Waals surface area contributed by atoms with Crippen molar-refractivity contribution in [3.8, 4) is 0 Å². The summed E-state index contributed by atoms with van der Waals surface area (Å²) in [7, 11) is 1.36. The van der Waals surface area contributed by atoms with Crippen molar-refractivity contribution in [2.24, 2.45) is 0 Å². The number of anilines is 1. The van der Waals surface area contributed by atoms with Crippen LogP contribution in [0.25, 0.3) is 0 Å². The normalized spacial score (nSPS) is 12.8. The van der Waals surface area contributed by atoms with Gasteiger partial charge in [0.1, 0.15) is 0 Å². The zero-order valence-electron chi connectivity index (χ0n) is 13.1. The monoisotopic (exact) mass is 380 g/mol. The lowest BCUT2D eigenvalue weighted by Crippen LogP contribution is -2.50. The van der Waals surface area contributed by atoms with E-state index in [1.165, 1.54) is 25.5 Å². The van der Waals surface area contributed by atoms with Gasteiger partial charge in [-0.05, 0) is 24.3 Å². The number of aromatic nitrogens is 1. The van der Waals surface area contributed by atoms with Crippen molar-refractivity contribution in [1.29, 1.82) is 0 Å². The Balaban J connectivity index is 2.29. The summed E-state index contributed by atoms with van der Waals surface area (Å²) in [5.74, 6) is -12.4. The van der Waals surface area contributed by atoms with Gasteiger partial charge in [-0.25, -0.2) is 0 Å². The highest BCUT2D eigenvalue weighted by Crippen LogP contribution is 2.51. The number of rotatable bonds is 4. The molecule has 0 saturated heterocycles.